The number of amides is 1. The Balaban J connectivity index is 1.89. The SMILES string of the molecule is O=C(NC1CC1)c1ccc(Cl)c(S(=O)(=O)N2CCCCC2)c1. The topological polar surface area (TPSA) is 66.5 Å². The van der Waals surface area contributed by atoms with Crippen LogP contribution in [0.2, 0.25) is 5.02 Å². The lowest BCUT2D eigenvalue weighted by Gasteiger charge is -2.26. The van der Waals surface area contributed by atoms with Gasteiger partial charge < -0.3 is 5.32 Å². The fourth-order valence-electron chi connectivity index (χ4n) is 2.58. The molecule has 0 unspecified atom stereocenters. The number of hydrogen-bond donors (Lipinski definition) is 1. The number of nitrogens with zero attached hydrogens (tertiary/aromatic N) is 1. The van der Waals surface area contributed by atoms with Crippen molar-refractivity contribution in [3.05, 3.63) is 28.8 Å². The van der Waals surface area contributed by atoms with E-state index in [1.807, 2.05) is 0 Å². The van der Waals surface area contributed by atoms with Gasteiger partial charge in [0.05, 0.1) is 5.02 Å². The Morgan fingerprint density at radius 3 is 2.50 bits per heavy atom. The number of piperidine rings is 1. The standard InChI is InChI=1S/C15H19ClN2O3S/c16-13-7-4-11(15(19)17-12-5-6-12)10-14(13)22(20,21)18-8-2-1-3-9-18/h4,7,10,12H,1-3,5-6,8-9H2,(H,17,19). The first-order chi connectivity index (χ1) is 10.5. The number of hydrogen-bond acceptors (Lipinski definition) is 3. The molecular formula is C15H19ClN2O3S. The van der Waals surface area contributed by atoms with E-state index in [-0.39, 0.29) is 21.9 Å². The predicted octanol–water partition coefficient (Wildman–Crippen LogP) is 2.41. The molecule has 1 aliphatic heterocycles. The van der Waals surface area contributed by atoms with E-state index in [0.29, 0.717) is 18.7 Å². The molecule has 22 heavy (non-hydrogen) atoms. The molecule has 1 aromatic carbocycles. The quantitative estimate of drug-likeness (QED) is 0.913. The summed E-state index contributed by atoms with van der Waals surface area (Å²) in [7, 11) is -3.64. The van der Waals surface area contributed by atoms with Gasteiger partial charge in [0.2, 0.25) is 10.0 Å². The Hall–Kier alpha value is -1.11. The van der Waals surface area contributed by atoms with Crippen LogP contribution in [0.25, 0.3) is 0 Å². The molecule has 1 N–H and O–H groups in total. The summed E-state index contributed by atoms with van der Waals surface area (Å²) in [5.41, 5.74) is 0.340. The maximum absolute atomic E-state index is 12.7. The first kappa shape index (κ1) is 15.8. The zero-order valence-corrected chi connectivity index (χ0v) is 13.8. The monoisotopic (exact) mass is 342 g/mol. The van der Waals surface area contributed by atoms with Gasteiger partial charge >= 0.3 is 0 Å². The van der Waals surface area contributed by atoms with Gasteiger partial charge in [-0.15, -0.1) is 0 Å². The Bertz CT molecular complexity index is 680. The van der Waals surface area contributed by atoms with Crippen molar-refractivity contribution in [2.24, 2.45) is 0 Å². The van der Waals surface area contributed by atoms with Crippen LogP contribution in [-0.4, -0.2) is 37.8 Å². The summed E-state index contributed by atoms with van der Waals surface area (Å²) in [5, 5.41) is 3.02. The van der Waals surface area contributed by atoms with Crippen molar-refractivity contribution in [1.29, 1.82) is 0 Å². The molecule has 5 nitrogen and oxygen atoms in total. The largest absolute Gasteiger partial charge is 0.349 e. The van der Waals surface area contributed by atoms with Gasteiger partial charge in [-0.1, -0.05) is 18.0 Å². The summed E-state index contributed by atoms with van der Waals surface area (Å²) in [4.78, 5) is 12.1. The highest BCUT2D eigenvalue weighted by Crippen LogP contribution is 2.28. The molecule has 7 heteroatoms. The van der Waals surface area contributed by atoms with E-state index in [9.17, 15) is 13.2 Å². The van der Waals surface area contributed by atoms with Gasteiger partial charge in [-0.25, -0.2) is 8.42 Å². The van der Waals surface area contributed by atoms with Crippen LogP contribution in [0, 0.1) is 0 Å². The molecule has 1 aromatic rings. The summed E-state index contributed by atoms with van der Waals surface area (Å²) in [6, 6.07) is 4.67. The van der Waals surface area contributed by atoms with Crippen LogP contribution in [0.1, 0.15) is 42.5 Å². The van der Waals surface area contributed by atoms with Gasteiger partial charge in [0.15, 0.2) is 0 Å². The highest BCUT2D eigenvalue weighted by molar-refractivity contribution is 7.89. The Morgan fingerprint density at radius 1 is 1.18 bits per heavy atom. The molecule has 1 heterocycles. The van der Waals surface area contributed by atoms with Gasteiger partial charge in [0, 0.05) is 24.7 Å². The summed E-state index contributed by atoms with van der Waals surface area (Å²) < 4.78 is 26.9. The maximum Gasteiger partial charge on any atom is 0.251 e. The molecule has 0 atom stereocenters. The number of sulfonamides is 1. The van der Waals surface area contributed by atoms with Crippen LogP contribution in [0.5, 0.6) is 0 Å². The van der Waals surface area contributed by atoms with Crippen molar-refractivity contribution in [3.8, 4) is 0 Å². The third-order valence-electron chi connectivity index (χ3n) is 4.04. The van der Waals surface area contributed by atoms with Crippen molar-refractivity contribution in [2.45, 2.75) is 43.0 Å². The molecule has 2 aliphatic rings. The van der Waals surface area contributed by atoms with Crippen molar-refractivity contribution in [1.82, 2.24) is 9.62 Å². The molecule has 0 radical (unpaired) electrons. The lowest BCUT2D eigenvalue weighted by atomic mass is 10.2. The van der Waals surface area contributed by atoms with E-state index < -0.39 is 10.0 Å². The third kappa shape index (κ3) is 3.29. The third-order valence-corrected chi connectivity index (χ3v) is 6.42. The lowest BCUT2D eigenvalue weighted by molar-refractivity contribution is 0.0951. The van der Waals surface area contributed by atoms with Crippen molar-refractivity contribution < 1.29 is 13.2 Å². The number of rotatable bonds is 4. The molecule has 2 fully saturated rings. The van der Waals surface area contributed by atoms with Crippen LogP contribution >= 0.6 is 11.6 Å². The molecule has 120 valence electrons. The number of halogens is 1. The van der Waals surface area contributed by atoms with Gasteiger partial charge in [-0.05, 0) is 43.9 Å². The van der Waals surface area contributed by atoms with Gasteiger partial charge in [0.1, 0.15) is 4.90 Å². The van der Waals surface area contributed by atoms with Crippen LogP contribution < -0.4 is 5.32 Å². The Morgan fingerprint density at radius 2 is 1.86 bits per heavy atom. The highest BCUT2D eigenvalue weighted by Gasteiger charge is 2.29. The summed E-state index contributed by atoms with van der Waals surface area (Å²) in [6.45, 7) is 1.02. The minimum Gasteiger partial charge on any atom is -0.349 e. The summed E-state index contributed by atoms with van der Waals surface area (Å²) >= 11 is 6.09. The van der Waals surface area contributed by atoms with Crippen LogP contribution in [0.3, 0.4) is 0 Å². The molecule has 1 aliphatic carbocycles. The van der Waals surface area contributed by atoms with Crippen LogP contribution in [-0.2, 0) is 10.0 Å². The predicted molar refractivity (Wildman–Crippen MR) is 84.6 cm³/mol. The maximum atomic E-state index is 12.7. The van der Waals surface area contributed by atoms with Crippen LogP contribution in [0.15, 0.2) is 23.1 Å². The van der Waals surface area contributed by atoms with E-state index in [4.69, 9.17) is 11.6 Å². The second-order valence-electron chi connectivity index (χ2n) is 5.86. The zero-order valence-electron chi connectivity index (χ0n) is 12.2. The molecule has 1 saturated carbocycles. The summed E-state index contributed by atoms with van der Waals surface area (Å²) in [5.74, 6) is -0.241. The molecule has 1 amide bonds. The number of nitrogens with one attached hydrogen (secondary N) is 1. The first-order valence-electron chi connectivity index (χ1n) is 7.59. The second kappa shape index (κ2) is 6.18. The average Bonchev–Trinajstić information content (AvgIpc) is 3.32. The van der Waals surface area contributed by atoms with Gasteiger partial charge in [-0.3, -0.25) is 4.79 Å². The molecule has 1 saturated heterocycles. The smallest absolute Gasteiger partial charge is 0.251 e. The highest BCUT2D eigenvalue weighted by atomic mass is 35.5. The van der Waals surface area contributed by atoms with Gasteiger partial charge in [-0.2, -0.15) is 4.31 Å². The van der Waals surface area contributed by atoms with E-state index >= 15 is 0 Å². The molecular weight excluding hydrogens is 324 g/mol. The number of carbonyl (C=O) groups is 1. The lowest BCUT2D eigenvalue weighted by Crippen LogP contribution is -2.36. The van der Waals surface area contributed by atoms with Crippen LogP contribution in [0.4, 0.5) is 0 Å². The van der Waals surface area contributed by atoms with E-state index in [1.54, 1.807) is 6.07 Å². The molecule has 0 aromatic heterocycles. The van der Waals surface area contributed by atoms with Crippen molar-refractivity contribution >= 4 is 27.5 Å². The number of carbonyl (C=O) groups excluding carboxylic acids is 1. The van der Waals surface area contributed by atoms with E-state index in [2.05, 4.69) is 5.32 Å². The molecule has 3 rings (SSSR count). The molecule has 0 bridgehead atoms. The number of benzene rings is 1. The summed E-state index contributed by atoms with van der Waals surface area (Å²) in [6.07, 6.45) is 4.73. The Labute approximate surface area is 135 Å². The minimum atomic E-state index is -3.64. The first-order valence-corrected chi connectivity index (χ1v) is 9.41. The van der Waals surface area contributed by atoms with Crippen molar-refractivity contribution in [2.75, 3.05) is 13.1 Å². The fraction of sp³-hybridized carbons (Fsp3) is 0.533. The average molecular weight is 343 g/mol. The molecule has 0 spiro atoms. The minimum absolute atomic E-state index is 0.0273. The van der Waals surface area contributed by atoms with Gasteiger partial charge in [0.25, 0.3) is 5.91 Å². The van der Waals surface area contributed by atoms with E-state index in [0.717, 1.165) is 32.1 Å². The van der Waals surface area contributed by atoms with Crippen molar-refractivity contribution in [3.63, 3.8) is 0 Å². The zero-order chi connectivity index (χ0) is 15.7. The van der Waals surface area contributed by atoms with E-state index in [1.165, 1.54) is 16.4 Å². The second-order valence-corrected chi connectivity index (χ2v) is 8.17. The Kier molecular flexibility index (Phi) is 4.43. The normalized spacial score (nSPS) is 19.9. The fourth-order valence-corrected chi connectivity index (χ4v) is 4.60.